The Hall–Kier alpha value is -0.0600. The Morgan fingerprint density at radius 3 is 1.88 bits per heavy atom. The first-order chi connectivity index (χ1) is 3.15. The van der Waals surface area contributed by atoms with Crippen LogP contribution in [0.3, 0.4) is 0 Å². The van der Waals surface area contributed by atoms with Crippen molar-refractivity contribution in [2.45, 2.75) is 6.92 Å². The van der Waals surface area contributed by atoms with Gasteiger partial charge in [-0.05, 0) is 0 Å². The Morgan fingerprint density at radius 1 is 1.88 bits per heavy atom. The molecule has 0 aliphatic heterocycles. The van der Waals surface area contributed by atoms with Crippen LogP contribution in [0.25, 0.3) is 0 Å². The quantitative estimate of drug-likeness (QED) is 0.104. The number of nitrogens with one attached hydrogen (secondary N) is 1. The Morgan fingerprint density at radius 2 is 1.88 bits per heavy atom. The van der Waals surface area contributed by atoms with Gasteiger partial charge in [0.05, 0.1) is 0 Å². The number of hydrogen-bond acceptors (Lipinski definition) is 2. The van der Waals surface area contributed by atoms with E-state index in [0.29, 0.717) is 0 Å². The predicted molar refractivity (Wildman–Crippen MR) is 25.2 cm³/mol. The van der Waals surface area contributed by atoms with Gasteiger partial charge < -0.3 is 22.6 Å². The van der Waals surface area contributed by atoms with E-state index < -0.39 is 5.97 Å². The summed E-state index contributed by atoms with van der Waals surface area (Å²) in [5.41, 5.74) is 4.26. The summed E-state index contributed by atoms with van der Waals surface area (Å²) >= 11 is 0. The minimum atomic E-state index is -0.833. The average Bonchev–Trinajstić information content (AvgIpc) is 1.33. The first-order valence-electron chi connectivity index (χ1n) is 1.47. The Balaban J connectivity index is -0.0000000575. The molecule has 0 rings (SSSR count). The SMILES string of the molecule is CC(=O)O.N=[C-]N.[Na+]. The van der Waals surface area contributed by atoms with E-state index in [0.717, 1.165) is 6.92 Å². The van der Waals surface area contributed by atoms with Gasteiger partial charge in [-0.2, -0.15) is 0 Å². The van der Waals surface area contributed by atoms with Crippen LogP contribution in [0.15, 0.2) is 0 Å². The first-order valence-corrected chi connectivity index (χ1v) is 1.47. The van der Waals surface area contributed by atoms with E-state index in [1.165, 1.54) is 6.34 Å². The van der Waals surface area contributed by atoms with Crippen molar-refractivity contribution in [1.29, 1.82) is 5.41 Å². The van der Waals surface area contributed by atoms with Crippen LogP contribution in [0.5, 0.6) is 0 Å². The summed E-state index contributed by atoms with van der Waals surface area (Å²) in [4.78, 5) is 9.00. The third kappa shape index (κ3) is 40300. The van der Waals surface area contributed by atoms with Gasteiger partial charge in [0, 0.05) is 6.92 Å². The van der Waals surface area contributed by atoms with Crippen LogP contribution in [0.1, 0.15) is 6.92 Å². The normalized spacial score (nSPS) is 4.62. The fraction of sp³-hybridized carbons (Fsp3) is 0.333. The van der Waals surface area contributed by atoms with Crippen molar-refractivity contribution in [1.82, 2.24) is 0 Å². The number of hydrogen-bond donors (Lipinski definition) is 3. The van der Waals surface area contributed by atoms with Gasteiger partial charge in [0.2, 0.25) is 0 Å². The summed E-state index contributed by atoms with van der Waals surface area (Å²) < 4.78 is 0. The predicted octanol–water partition coefficient (Wildman–Crippen LogP) is -3.48. The van der Waals surface area contributed by atoms with Gasteiger partial charge in [-0.1, -0.05) is 0 Å². The van der Waals surface area contributed by atoms with Crippen molar-refractivity contribution >= 4 is 12.3 Å². The van der Waals surface area contributed by atoms with E-state index in [1.807, 2.05) is 0 Å². The molecule has 0 saturated heterocycles. The topological polar surface area (TPSA) is 87.2 Å². The number of carbonyl (C=O) groups is 1. The first kappa shape index (κ1) is 15.7. The molecular formula is C3H7N2NaO2. The Kier molecular flexibility index (Phi) is 30.9. The van der Waals surface area contributed by atoms with E-state index in [4.69, 9.17) is 15.3 Å². The van der Waals surface area contributed by atoms with Gasteiger partial charge in [-0.25, -0.2) is 0 Å². The molecule has 0 atom stereocenters. The number of rotatable bonds is 0. The Labute approximate surface area is 69.9 Å². The smallest absolute Gasteiger partial charge is 0.563 e. The van der Waals surface area contributed by atoms with Gasteiger partial charge in [-0.3, -0.25) is 4.79 Å². The fourth-order valence-corrected chi connectivity index (χ4v) is 0. The second kappa shape index (κ2) is 15.8. The molecule has 0 bridgehead atoms. The Bertz CT molecular complexity index is 62.3. The molecule has 8 heavy (non-hydrogen) atoms. The minimum absolute atomic E-state index is 0. The zero-order valence-corrected chi connectivity index (χ0v) is 6.93. The number of nitrogens with two attached hydrogens (primary N) is 1. The van der Waals surface area contributed by atoms with Gasteiger partial charge in [0.1, 0.15) is 0 Å². The summed E-state index contributed by atoms with van der Waals surface area (Å²) in [6, 6.07) is 0. The number of carboxylic acid groups (broad SMARTS) is 1. The van der Waals surface area contributed by atoms with E-state index >= 15 is 0 Å². The van der Waals surface area contributed by atoms with Crippen LogP contribution in [-0.2, 0) is 4.79 Å². The molecule has 0 saturated carbocycles. The van der Waals surface area contributed by atoms with Crippen LogP contribution in [0, 0.1) is 5.41 Å². The maximum atomic E-state index is 9.00. The molecule has 0 spiro atoms. The monoisotopic (exact) mass is 126 g/mol. The molecule has 0 unspecified atom stereocenters. The third-order valence-electron chi connectivity index (χ3n) is 0. The van der Waals surface area contributed by atoms with Gasteiger partial charge in [0.25, 0.3) is 5.97 Å². The van der Waals surface area contributed by atoms with Crippen molar-refractivity contribution < 1.29 is 39.5 Å². The zero-order valence-electron chi connectivity index (χ0n) is 4.93. The molecular weight excluding hydrogens is 119 g/mol. The molecule has 0 aromatic rings. The molecule has 0 heterocycles. The van der Waals surface area contributed by atoms with Crippen LogP contribution < -0.4 is 35.3 Å². The largest absolute Gasteiger partial charge is 1.00 e. The molecule has 0 amide bonds. The molecule has 5 heteroatoms. The van der Waals surface area contributed by atoms with Crippen molar-refractivity contribution in [3.8, 4) is 0 Å². The van der Waals surface area contributed by atoms with Crippen LogP contribution in [0.2, 0.25) is 0 Å². The minimum Gasteiger partial charge on any atom is -0.563 e. The second-order valence-corrected chi connectivity index (χ2v) is 0.663. The molecule has 42 valence electrons. The van der Waals surface area contributed by atoms with Crippen LogP contribution in [0.4, 0.5) is 0 Å². The van der Waals surface area contributed by atoms with E-state index in [-0.39, 0.29) is 29.6 Å². The number of carboxylic acids is 1. The molecule has 0 fully saturated rings. The van der Waals surface area contributed by atoms with E-state index in [1.54, 1.807) is 0 Å². The van der Waals surface area contributed by atoms with Crippen molar-refractivity contribution in [3.63, 3.8) is 0 Å². The molecule has 0 aliphatic carbocycles. The zero-order chi connectivity index (χ0) is 6.28. The summed E-state index contributed by atoms with van der Waals surface area (Å²) in [5, 5.41) is 13.2. The van der Waals surface area contributed by atoms with Gasteiger partial charge >= 0.3 is 29.6 Å². The average molecular weight is 126 g/mol. The second-order valence-electron chi connectivity index (χ2n) is 0.663. The maximum Gasteiger partial charge on any atom is 1.00 e. The number of aliphatic carboxylic acids is 1. The van der Waals surface area contributed by atoms with Crippen LogP contribution >= 0.6 is 0 Å². The summed E-state index contributed by atoms with van der Waals surface area (Å²) in [6.45, 7) is 1.08. The van der Waals surface area contributed by atoms with Crippen molar-refractivity contribution in [2.75, 3.05) is 0 Å². The molecule has 4 nitrogen and oxygen atoms in total. The van der Waals surface area contributed by atoms with Gasteiger partial charge in [-0.15, -0.1) is 0 Å². The maximum absolute atomic E-state index is 9.00. The molecule has 0 radical (unpaired) electrons. The molecule has 4 N–H and O–H groups in total. The summed E-state index contributed by atoms with van der Waals surface area (Å²) in [5.74, 6) is -0.833. The third-order valence-corrected chi connectivity index (χ3v) is 0. The van der Waals surface area contributed by atoms with Gasteiger partial charge in [0.15, 0.2) is 0 Å². The summed E-state index contributed by atoms with van der Waals surface area (Å²) in [7, 11) is 0. The van der Waals surface area contributed by atoms with Crippen LogP contribution in [-0.4, -0.2) is 17.4 Å². The van der Waals surface area contributed by atoms with Crippen molar-refractivity contribution in [2.24, 2.45) is 5.73 Å². The molecule has 0 aromatic carbocycles. The summed E-state index contributed by atoms with van der Waals surface area (Å²) in [6.07, 6.45) is 1.50. The van der Waals surface area contributed by atoms with E-state index in [2.05, 4.69) is 5.73 Å². The molecule has 0 aliphatic rings. The fourth-order valence-electron chi connectivity index (χ4n) is 0. The van der Waals surface area contributed by atoms with Crippen molar-refractivity contribution in [3.05, 3.63) is 0 Å². The van der Waals surface area contributed by atoms with E-state index in [9.17, 15) is 0 Å². The standard InChI is InChI=1S/C2H4O2.CH3N2.Na/c1-2(3)4;2-1-3;/h1H3,(H,3,4);(H3,2,3);/q;-1;+1. The molecule has 0 aromatic heterocycles.